The van der Waals surface area contributed by atoms with E-state index in [4.69, 9.17) is 5.11 Å². The lowest BCUT2D eigenvalue weighted by molar-refractivity contribution is -0.136. The summed E-state index contributed by atoms with van der Waals surface area (Å²) in [7, 11) is 0. The minimum absolute atomic E-state index is 0.0336. The average Bonchev–Trinajstić information content (AvgIpc) is 2.83. The second kappa shape index (κ2) is 5.49. The highest BCUT2D eigenvalue weighted by molar-refractivity contribution is 6.39. The van der Waals surface area contributed by atoms with Crippen LogP contribution in [-0.4, -0.2) is 39.8 Å². The van der Waals surface area contributed by atoms with Crippen molar-refractivity contribution in [2.45, 2.75) is 13.0 Å². The van der Waals surface area contributed by atoms with Crippen molar-refractivity contribution in [2.24, 2.45) is 0 Å². The number of amides is 2. The zero-order valence-corrected chi connectivity index (χ0v) is 10.3. The number of carbonyl (C=O) groups is 2. The van der Waals surface area contributed by atoms with E-state index < -0.39 is 17.9 Å². The molecule has 1 aromatic heterocycles. The lowest BCUT2D eigenvalue weighted by Gasteiger charge is -2.07. The van der Waals surface area contributed by atoms with Crippen LogP contribution in [0.5, 0.6) is 0 Å². The number of nitrogens with zero attached hydrogens (tertiary/aromatic N) is 1. The number of hydrogen-bond acceptors (Lipinski definition) is 4. The second-order valence-corrected chi connectivity index (χ2v) is 4.19. The fraction of sp³-hybridized carbons (Fsp3) is 0.250. The van der Waals surface area contributed by atoms with Gasteiger partial charge in [0.05, 0.1) is 17.8 Å². The SMILES string of the molecule is CC(O)CNC(=O)C(=O)Nc1ccc2cn[nH]c2c1. The molecule has 2 aromatic rings. The smallest absolute Gasteiger partial charge is 0.313 e. The minimum atomic E-state index is -0.786. The third-order valence-corrected chi connectivity index (χ3v) is 2.46. The number of aliphatic hydroxyl groups excluding tert-OH is 1. The molecule has 0 bridgehead atoms. The van der Waals surface area contributed by atoms with Gasteiger partial charge in [-0.25, -0.2) is 0 Å². The summed E-state index contributed by atoms with van der Waals surface area (Å²) < 4.78 is 0. The number of aliphatic hydroxyl groups is 1. The molecule has 1 unspecified atom stereocenters. The molecule has 2 rings (SSSR count). The first-order valence-corrected chi connectivity index (χ1v) is 5.76. The van der Waals surface area contributed by atoms with Crippen LogP contribution in [-0.2, 0) is 9.59 Å². The van der Waals surface area contributed by atoms with Crippen molar-refractivity contribution in [3.05, 3.63) is 24.4 Å². The summed E-state index contributed by atoms with van der Waals surface area (Å²) in [5.74, 6) is -1.56. The maximum Gasteiger partial charge on any atom is 0.313 e. The van der Waals surface area contributed by atoms with Crippen LogP contribution in [0.4, 0.5) is 5.69 Å². The van der Waals surface area contributed by atoms with E-state index in [0.717, 1.165) is 10.9 Å². The number of fused-ring (bicyclic) bond motifs is 1. The van der Waals surface area contributed by atoms with Crippen LogP contribution in [0.15, 0.2) is 24.4 Å². The molecule has 0 aliphatic carbocycles. The van der Waals surface area contributed by atoms with Gasteiger partial charge in [-0.2, -0.15) is 5.10 Å². The molecule has 7 nitrogen and oxygen atoms in total. The maximum atomic E-state index is 11.6. The zero-order valence-electron chi connectivity index (χ0n) is 10.3. The van der Waals surface area contributed by atoms with Crippen molar-refractivity contribution < 1.29 is 14.7 Å². The van der Waals surface area contributed by atoms with E-state index in [2.05, 4.69) is 20.8 Å². The van der Waals surface area contributed by atoms with Gasteiger partial charge in [0, 0.05) is 17.6 Å². The Morgan fingerprint density at radius 3 is 2.95 bits per heavy atom. The van der Waals surface area contributed by atoms with Gasteiger partial charge < -0.3 is 15.7 Å². The van der Waals surface area contributed by atoms with Crippen molar-refractivity contribution in [3.63, 3.8) is 0 Å². The molecular weight excluding hydrogens is 248 g/mol. The number of nitrogens with one attached hydrogen (secondary N) is 3. The number of carbonyl (C=O) groups excluding carboxylic acids is 2. The van der Waals surface area contributed by atoms with Gasteiger partial charge >= 0.3 is 11.8 Å². The number of H-pyrrole nitrogens is 1. The summed E-state index contributed by atoms with van der Waals surface area (Å²) in [5.41, 5.74) is 1.26. The van der Waals surface area contributed by atoms with E-state index >= 15 is 0 Å². The van der Waals surface area contributed by atoms with Gasteiger partial charge in [0.15, 0.2) is 0 Å². The maximum absolute atomic E-state index is 11.6. The first kappa shape index (κ1) is 13.0. The van der Waals surface area contributed by atoms with Crippen LogP contribution >= 0.6 is 0 Å². The van der Waals surface area contributed by atoms with Gasteiger partial charge in [0.2, 0.25) is 0 Å². The summed E-state index contributed by atoms with van der Waals surface area (Å²) in [6.07, 6.45) is 0.967. The lowest BCUT2D eigenvalue weighted by atomic mass is 10.2. The molecular formula is C12H14N4O3. The van der Waals surface area contributed by atoms with Gasteiger partial charge in [-0.15, -0.1) is 0 Å². The van der Waals surface area contributed by atoms with E-state index in [9.17, 15) is 9.59 Å². The normalized spacial score (nSPS) is 12.1. The van der Waals surface area contributed by atoms with Crippen molar-refractivity contribution >= 4 is 28.4 Å². The third-order valence-electron chi connectivity index (χ3n) is 2.46. The second-order valence-electron chi connectivity index (χ2n) is 4.19. The predicted octanol–water partition coefficient (Wildman–Crippen LogP) is -0.00160. The van der Waals surface area contributed by atoms with Crippen LogP contribution in [0.3, 0.4) is 0 Å². The van der Waals surface area contributed by atoms with Gasteiger partial charge in [-0.05, 0) is 25.1 Å². The topological polar surface area (TPSA) is 107 Å². The Morgan fingerprint density at radius 1 is 1.42 bits per heavy atom. The largest absolute Gasteiger partial charge is 0.392 e. The number of aromatic amines is 1. The molecule has 2 amide bonds. The monoisotopic (exact) mass is 262 g/mol. The van der Waals surface area contributed by atoms with Gasteiger partial charge in [0.1, 0.15) is 0 Å². The van der Waals surface area contributed by atoms with Gasteiger partial charge in [0.25, 0.3) is 0 Å². The van der Waals surface area contributed by atoms with Crippen LogP contribution in [0.1, 0.15) is 6.92 Å². The molecule has 0 aliphatic heterocycles. The Labute approximate surface area is 109 Å². The average molecular weight is 262 g/mol. The van der Waals surface area contributed by atoms with Crippen LogP contribution < -0.4 is 10.6 Å². The summed E-state index contributed by atoms with van der Waals surface area (Å²) in [6, 6.07) is 5.14. The fourth-order valence-corrected chi connectivity index (χ4v) is 1.52. The van der Waals surface area contributed by atoms with E-state index in [0.29, 0.717) is 5.69 Å². The number of anilines is 1. The van der Waals surface area contributed by atoms with Crippen molar-refractivity contribution in [2.75, 3.05) is 11.9 Å². The predicted molar refractivity (Wildman–Crippen MR) is 69.4 cm³/mol. The number of benzene rings is 1. The molecule has 1 atom stereocenters. The first-order valence-electron chi connectivity index (χ1n) is 5.76. The third kappa shape index (κ3) is 3.29. The summed E-state index contributed by atoms with van der Waals surface area (Å²) in [6.45, 7) is 1.55. The molecule has 4 N–H and O–H groups in total. The zero-order chi connectivity index (χ0) is 13.8. The standard InChI is InChI=1S/C12H14N4O3/c1-7(17)5-13-11(18)12(19)15-9-3-2-8-6-14-16-10(8)4-9/h2-4,6-7,17H,5H2,1H3,(H,13,18)(H,14,16)(H,15,19). The quantitative estimate of drug-likeness (QED) is 0.584. The van der Waals surface area contributed by atoms with E-state index in [-0.39, 0.29) is 6.54 Å². The highest BCUT2D eigenvalue weighted by Crippen LogP contribution is 2.16. The summed E-state index contributed by atoms with van der Waals surface area (Å²) in [5, 5.41) is 21.3. The first-order chi connectivity index (χ1) is 9.06. The minimum Gasteiger partial charge on any atom is -0.392 e. The molecule has 1 aromatic carbocycles. The van der Waals surface area contributed by atoms with E-state index in [1.54, 1.807) is 24.4 Å². The molecule has 7 heteroatoms. The van der Waals surface area contributed by atoms with E-state index in [1.807, 2.05) is 0 Å². The molecule has 0 spiro atoms. The Bertz CT molecular complexity index is 606. The van der Waals surface area contributed by atoms with Crippen LogP contribution in [0, 0.1) is 0 Å². The molecule has 0 fully saturated rings. The van der Waals surface area contributed by atoms with Gasteiger partial charge in [-0.3, -0.25) is 14.7 Å². The number of aromatic nitrogens is 2. The molecule has 0 radical (unpaired) electrons. The summed E-state index contributed by atoms with van der Waals surface area (Å²) in [4.78, 5) is 23.0. The number of hydrogen-bond donors (Lipinski definition) is 4. The molecule has 0 aliphatic rings. The highest BCUT2D eigenvalue weighted by Gasteiger charge is 2.14. The highest BCUT2D eigenvalue weighted by atomic mass is 16.3. The molecule has 1 heterocycles. The van der Waals surface area contributed by atoms with Crippen LogP contribution in [0.2, 0.25) is 0 Å². The molecule has 0 saturated heterocycles. The fourth-order valence-electron chi connectivity index (χ4n) is 1.52. The summed E-state index contributed by atoms with van der Waals surface area (Å²) >= 11 is 0. The van der Waals surface area contributed by atoms with Crippen molar-refractivity contribution in [3.8, 4) is 0 Å². The Morgan fingerprint density at radius 2 is 2.21 bits per heavy atom. The number of rotatable bonds is 3. The lowest BCUT2D eigenvalue weighted by Crippen LogP contribution is -2.38. The molecule has 100 valence electrons. The molecule has 0 saturated carbocycles. The Hall–Kier alpha value is -2.41. The van der Waals surface area contributed by atoms with Crippen LogP contribution in [0.25, 0.3) is 10.9 Å². The van der Waals surface area contributed by atoms with Crippen molar-refractivity contribution in [1.82, 2.24) is 15.5 Å². The molecule has 19 heavy (non-hydrogen) atoms. The van der Waals surface area contributed by atoms with Crippen molar-refractivity contribution in [1.29, 1.82) is 0 Å². The van der Waals surface area contributed by atoms with Gasteiger partial charge in [-0.1, -0.05) is 0 Å². The Kier molecular flexibility index (Phi) is 3.76. The Balaban J connectivity index is 1.99. The van der Waals surface area contributed by atoms with E-state index in [1.165, 1.54) is 6.92 Å².